The van der Waals surface area contributed by atoms with Gasteiger partial charge in [0.2, 0.25) is 0 Å². The van der Waals surface area contributed by atoms with E-state index in [1.807, 2.05) is 24.3 Å². The molecule has 4 rings (SSSR count). The van der Waals surface area contributed by atoms with Gasteiger partial charge < -0.3 is 10.1 Å². The van der Waals surface area contributed by atoms with Crippen LogP contribution in [0.2, 0.25) is 0 Å². The molecule has 0 spiro atoms. The summed E-state index contributed by atoms with van der Waals surface area (Å²) in [7, 11) is 0. The van der Waals surface area contributed by atoms with Crippen molar-refractivity contribution in [2.75, 3.05) is 6.61 Å². The van der Waals surface area contributed by atoms with Gasteiger partial charge in [-0.1, -0.05) is 43.2 Å². The summed E-state index contributed by atoms with van der Waals surface area (Å²) in [4.78, 5) is 29.5. The first kappa shape index (κ1) is 20.5. The van der Waals surface area contributed by atoms with E-state index in [1.54, 1.807) is 29.5 Å². The summed E-state index contributed by atoms with van der Waals surface area (Å²) in [6, 6.07) is 14.2. The highest BCUT2D eigenvalue weighted by Crippen LogP contribution is 2.41. The summed E-state index contributed by atoms with van der Waals surface area (Å²) >= 11 is 1.62. The van der Waals surface area contributed by atoms with Crippen LogP contribution in [0, 0.1) is 11.7 Å². The number of aromatic nitrogens is 1. The van der Waals surface area contributed by atoms with Crippen LogP contribution < -0.4 is 5.32 Å². The maximum atomic E-state index is 13.6. The molecule has 3 aromatic rings. The monoisotopic (exact) mass is 426 g/mol. The van der Waals surface area contributed by atoms with Crippen molar-refractivity contribution in [3.05, 3.63) is 64.9 Å². The largest absolute Gasteiger partial charge is 0.455 e. The average molecular weight is 427 g/mol. The molecule has 5 nitrogen and oxygen atoms in total. The molecule has 1 amide bonds. The van der Waals surface area contributed by atoms with Crippen molar-refractivity contribution in [3.63, 3.8) is 0 Å². The molecule has 1 aliphatic rings. The number of para-hydroxylation sites is 1. The molecule has 1 fully saturated rings. The summed E-state index contributed by atoms with van der Waals surface area (Å²) in [6.45, 7) is -0.308. The molecule has 2 atom stereocenters. The van der Waals surface area contributed by atoms with Crippen LogP contribution in [0.15, 0.2) is 48.5 Å². The number of benzene rings is 2. The Labute approximate surface area is 178 Å². The van der Waals surface area contributed by atoms with E-state index in [4.69, 9.17) is 9.72 Å². The van der Waals surface area contributed by atoms with Crippen LogP contribution >= 0.6 is 11.3 Å². The summed E-state index contributed by atoms with van der Waals surface area (Å²) in [5, 5.41) is 3.55. The summed E-state index contributed by atoms with van der Waals surface area (Å²) in [6.07, 6.45) is 3.63. The molecule has 1 saturated carbocycles. The molecular formula is C23H23FN2O3S. The average Bonchev–Trinajstić information content (AvgIpc) is 3.21. The van der Waals surface area contributed by atoms with Crippen molar-refractivity contribution >= 4 is 33.4 Å². The predicted octanol–water partition coefficient (Wildman–Crippen LogP) is 4.57. The van der Waals surface area contributed by atoms with Crippen molar-refractivity contribution < 1.29 is 18.7 Å². The number of rotatable bonds is 6. The first-order valence-corrected chi connectivity index (χ1v) is 11.0. The number of halogens is 1. The number of carbonyl (C=O) groups excluding carboxylic acids is 2. The number of esters is 1. The van der Waals surface area contributed by atoms with Crippen molar-refractivity contribution in [3.8, 4) is 0 Å². The van der Waals surface area contributed by atoms with E-state index in [2.05, 4.69) is 5.32 Å². The van der Waals surface area contributed by atoms with Crippen LogP contribution in [0.1, 0.15) is 42.2 Å². The minimum absolute atomic E-state index is 0.0186. The smallest absolute Gasteiger partial charge is 0.310 e. The van der Waals surface area contributed by atoms with Crippen molar-refractivity contribution in [1.82, 2.24) is 10.3 Å². The van der Waals surface area contributed by atoms with E-state index in [-0.39, 0.29) is 36.8 Å². The highest BCUT2D eigenvalue weighted by Gasteiger charge is 2.35. The number of nitrogens with one attached hydrogen (secondary N) is 1. The third kappa shape index (κ3) is 4.67. The zero-order chi connectivity index (χ0) is 20.9. The van der Waals surface area contributed by atoms with Gasteiger partial charge in [0.15, 0.2) is 6.61 Å². The number of amides is 1. The minimum atomic E-state index is -0.445. The molecular weight excluding hydrogens is 403 g/mol. The Hall–Kier alpha value is -2.80. The second-order valence-electron chi connectivity index (χ2n) is 7.49. The van der Waals surface area contributed by atoms with Crippen LogP contribution in [0.3, 0.4) is 0 Å². The van der Waals surface area contributed by atoms with Crippen LogP contribution in [-0.2, 0) is 20.9 Å². The Kier molecular flexibility index (Phi) is 6.38. The zero-order valence-electron chi connectivity index (χ0n) is 16.5. The topological polar surface area (TPSA) is 68.3 Å². The second-order valence-corrected chi connectivity index (χ2v) is 8.56. The van der Waals surface area contributed by atoms with Crippen LogP contribution in [0.25, 0.3) is 10.2 Å². The SMILES string of the molecule is O=C(COC(=O)C1CCCCC1c1nc2ccccc2s1)NCc1ccccc1F. The Balaban J connectivity index is 1.35. The van der Waals surface area contributed by atoms with E-state index >= 15 is 0 Å². The Morgan fingerprint density at radius 1 is 1.10 bits per heavy atom. The summed E-state index contributed by atoms with van der Waals surface area (Å²) < 4.78 is 20.1. The third-order valence-corrected chi connectivity index (χ3v) is 6.64. The molecule has 1 N–H and O–H groups in total. The quantitative estimate of drug-likeness (QED) is 0.587. The van der Waals surface area contributed by atoms with Gasteiger partial charge in [-0.2, -0.15) is 0 Å². The van der Waals surface area contributed by atoms with Gasteiger partial charge in [-0.25, -0.2) is 9.37 Å². The zero-order valence-corrected chi connectivity index (χ0v) is 17.3. The van der Waals surface area contributed by atoms with E-state index in [0.717, 1.165) is 40.9 Å². The van der Waals surface area contributed by atoms with E-state index < -0.39 is 5.91 Å². The minimum Gasteiger partial charge on any atom is -0.455 e. The lowest BCUT2D eigenvalue weighted by molar-refractivity contribution is -0.154. The highest BCUT2D eigenvalue weighted by atomic mass is 32.1. The fraction of sp³-hybridized carbons (Fsp3) is 0.348. The fourth-order valence-electron chi connectivity index (χ4n) is 3.89. The molecule has 0 bridgehead atoms. The molecule has 2 aromatic carbocycles. The van der Waals surface area contributed by atoms with E-state index in [1.165, 1.54) is 6.07 Å². The molecule has 30 heavy (non-hydrogen) atoms. The molecule has 156 valence electrons. The number of ether oxygens (including phenoxy) is 1. The van der Waals surface area contributed by atoms with Gasteiger partial charge in [-0.15, -0.1) is 11.3 Å². The number of fused-ring (bicyclic) bond motifs is 1. The number of hydrogen-bond donors (Lipinski definition) is 1. The molecule has 0 saturated heterocycles. The number of hydrogen-bond acceptors (Lipinski definition) is 5. The third-order valence-electron chi connectivity index (χ3n) is 5.48. The molecule has 0 radical (unpaired) electrons. The van der Waals surface area contributed by atoms with Gasteiger partial charge in [-0.3, -0.25) is 9.59 Å². The summed E-state index contributed by atoms with van der Waals surface area (Å²) in [5.41, 5.74) is 1.34. The normalized spacial score (nSPS) is 18.8. The first-order chi connectivity index (χ1) is 14.6. The van der Waals surface area contributed by atoms with Crippen molar-refractivity contribution in [2.45, 2.75) is 38.1 Å². The number of thiazole rings is 1. The van der Waals surface area contributed by atoms with Gasteiger partial charge in [0.1, 0.15) is 5.82 Å². The Morgan fingerprint density at radius 2 is 1.87 bits per heavy atom. The second kappa shape index (κ2) is 9.34. The van der Waals surface area contributed by atoms with Gasteiger partial charge >= 0.3 is 5.97 Å². The lowest BCUT2D eigenvalue weighted by Crippen LogP contribution is -2.32. The Bertz CT molecular complexity index is 1020. The van der Waals surface area contributed by atoms with Crippen LogP contribution in [0.5, 0.6) is 0 Å². The van der Waals surface area contributed by atoms with Crippen LogP contribution in [0.4, 0.5) is 4.39 Å². The molecule has 1 aliphatic carbocycles. The maximum absolute atomic E-state index is 13.6. The summed E-state index contributed by atoms with van der Waals surface area (Å²) in [5.74, 6) is -1.46. The lowest BCUT2D eigenvalue weighted by atomic mass is 9.79. The maximum Gasteiger partial charge on any atom is 0.310 e. The molecule has 7 heteroatoms. The Morgan fingerprint density at radius 3 is 2.70 bits per heavy atom. The molecule has 1 heterocycles. The van der Waals surface area contributed by atoms with E-state index in [0.29, 0.717) is 5.56 Å². The molecule has 0 aliphatic heterocycles. The standard InChI is InChI=1S/C23H23FN2O3S/c24-18-10-4-1-7-15(18)13-25-21(27)14-29-23(28)17-9-3-2-8-16(17)22-26-19-11-5-6-12-20(19)30-22/h1,4-7,10-12,16-17H,2-3,8-9,13-14H2,(H,25,27). The van der Waals surface area contributed by atoms with Gasteiger partial charge in [0.05, 0.1) is 21.1 Å². The van der Waals surface area contributed by atoms with E-state index in [9.17, 15) is 14.0 Å². The molecule has 1 aromatic heterocycles. The fourth-order valence-corrected chi connectivity index (χ4v) is 5.06. The van der Waals surface area contributed by atoms with Gasteiger partial charge in [-0.05, 0) is 31.0 Å². The van der Waals surface area contributed by atoms with Crippen molar-refractivity contribution in [1.29, 1.82) is 0 Å². The predicted molar refractivity (Wildman–Crippen MR) is 114 cm³/mol. The van der Waals surface area contributed by atoms with Crippen LogP contribution in [-0.4, -0.2) is 23.5 Å². The number of nitrogens with zero attached hydrogens (tertiary/aromatic N) is 1. The molecule has 2 unspecified atom stereocenters. The first-order valence-electron chi connectivity index (χ1n) is 10.1. The lowest BCUT2D eigenvalue weighted by Gasteiger charge is -2.28. The van der Waals surface area contributed by atoms with Gasteiger partial charge in [0, 0.05) is 18.0 Å². The van der Waals surface area contributed by atoms with Gasteiger partial charge in [0.25, 0.3) is 5.91 Å². The number of carbonyl (C=O) groups is 2. The highest BCUT2D eigenvalue weighted by molar-refractivity contribution is 7.18. The van der Waals surface area contributed by atoms with Crippen molar-refractivity contribution in [2.24, 2.45) is 5.92 Å².